The molecule has 1 aliphatic heterocycles. The minimum atomic E-state index is 0.0375. The number of hydrogen-bond donors (Lipinski definition) is 0. The van der Waals surface area contributed by atoms with Crippen molar-refractivity contribution in [1.29, 1.82) is 5.26 Å². The number of aromatic nitrogens is 4. The maximum atomic E-state index is 9.02. The van der Waals surface area contributed by atoms with Crippen LogP contribution in [0, 0.1) is 11.3 Å². The van der Waals surface area contributed by atoms with Crippen LogP contribution in [0.15, 0.2) is 36.8 Å². The van der Waals surface area contributed by atoms with E-state index in [0.29, 0.717) is 11.6 Å². The molecular weight excluding hydrogens is 338 g/mol. The van der Waals surface area contributed by atoms with Gasteiger partial charge in [0.25, 0.3) is 0 Å². The Kier molecular flexibility index (Phi) is 4.19. The molecule has 1 fully saturated rings. The van der Waals surface area contributed by atoms with Crippen molar-refractivity contribution < 1.29 is 0 Å². The van der Waals surface area contributed by atoms with Crippen LogP contribution in [-0.4, -0.2) is 45.5 Å². The molecule has 138 valence electrons. The molecule has 7 heteroatoms. The van der Waals surface area contributed by atoms with E-state index >= 15 is 0 Å². The summed E-state index contributed by atoms with van der Waals surface area (Å²) in [5, 5.41) is 9.02. The molecule has 1 aliphatic rings. The van der Waals surface area contributed by atoms with Gasteiger partial charge < -0.3 is 14.2 Å². The van der Waals surface area contributed by atoms with Crippen LogP contribution < -0.4 is 9.80 Å². The first-order valence-electron chi connectivity index (χ1n) is 9.16. The summed E-state index contributed by atoms with van der Waals surface area (Å²) in [6.45, 7) is 9.95. The summed E-state index contributed by atoms with van der Waals surface area (Å²) in [5.41, 5.74) is 3.70. The first-order chi connectivity index (χ1) is 12.9. The molecule has 0 saturated carbocycles. The van der Waals surface area contributed by atoms with E-state index in [2.05, 4.69) is 75.5 Å². The van der Waals surface area contributed by atoms with Crippen molar-refractivity contribution in [1.82, 2.24) is 19.4 Å². The fraction of sp³-hybridized carbons (Fsp3) is 0.400. The Labute approximate surface area is 158 Å². The lowest BCUT2D eigenvalue weighted by Crippen LogP contribution is -2.47. The number of anilines is 2. The second-order valence-corrected chi connectivity index (χ2v) is 7.86. The van der Waals surface area contributed by atoms with Crippen molar-refractivity contribution in [2.45, 2.75) is 26.2 Å². The van der Waals surface area contributed by atoms with Crippen LogP contribution in [0.1, 0.15) is 32.2 Å². The second-order valence-electron chi connectivity index (χ2n) is 7.86. The predicted octanol–water partition coefficient (Wildman–Crippen LogP) is 2.62. The molecule has 3 aromatic rings. The molecule has 4 rings (SSSR count). The summed E-state index contributed by atoms with van der Waals surface area (Å²) >= 11 is 0. The number of imidazole rings is 1. The summed E-state index contributed by atoms with van der Waals surface area (Å²) < 4.78 is 2.11. The van der Waals surface area contributed by atoms with Crippen LogP contribution in [0.5, 0.6) is 0 Å². The summed E-state index contributed by atoms with van der Waals surface area (Å²) in [6.07, 6.45) is 5.92. The Balaban J connectivity index is 1.50. The number of hydrogen-bond acceptors (Lipinski definition) is 6. The third kappa shape index (κ3) is 3.43. The van der Waals surface area contributed by atoms with Gasteiger partial charge in [-0.15, -0.1) is 0 Å². The van der Waals surface area contributed by atoms with E-state index in [4.69, 9.17) is 10.2 Å². The largest absolute Gasteiger partial charge is 0.367 e. The van der Waals surface area contributed by atoms with Crippen molar-refractivity contribution in [2.75, 3.05) is 36.0 Å². The molecular formula is C20H23N7. The van der Waals surface area contributed by atoms with Gasteiger partial charge in [-0.2, -0.15) is 5.26 Å². The molecule has 0 unspecified atom stereocenters. The van der Waals surface area contributed by atoms with Crippen LogP contribution in [0.2, 0.25) is 0 Å². The molecule has 0 N–H and O–H groups in total. The van der Waals surface area contributed by atoms with Crippen molar-refractivity contribution in [3.8, 4) is 6.07 Å². The number of rotatable bonds is 2. The van der Waals surface area contributed by atoms with Gasteiger partial charge in [0.2, 0.25) is 5.95 Å². The summed E-state index contributed by atoms with van der Waals surface area (Å²) in [4.78, 5) is 17.8. The normalized spacial score (nSPS) is 15.2. The summed E-state index contributed by atoms with van der Waals surface area (Å²) in [5.74, 6) is 0.633. The van der Waals surface area contributed by atoms with Gasteiger partial charge in [0.05, 0.1) is 11.4 Å². The fourth-order valence-electron chi connectivity index (χ4n) is 3.26. The topological polar surface area (TPSA) is 73.3 Å². The molecule has 4 heterocycles. The van der Waals surface area contributed by atoms with Crippen LogP contribution >= 0.6 is 0 Å². The predicted molar refractivity (Wildman–Crippen MR) is 105 cm³/mol. The van der Waals surface area contributed by atoms with E-state index in [1.54, 1.807) is 12.3 Å². The van der Waals surface area contributed by atoms with Crippen molar-refractivity contribution in [3.63, 3.8) is 0 Å². The van der Waals surface area contributed by atoms with Crippen LogP contribution in [0.25, 0.3) is 5.65 Å². The van der Waals surface area contributed by atoms with E-state index < -0.39 is 0 Å². The highest BCUT2D eigenvalue weighted by Crippen LogP contribution is 2.24. The van der Waals surface area contributed by atoms with E-state index in [0.717, 1.165) is 37.5 Å². The third-order valence-corrected chi connectivity index (χ3v) is 4.89. The lowest BCUT2D eigenvalue weighted by Gasteiger charge is -2.36. The monoisotopic (exact) mass is 361 g/mol. The number of pyridine rings is 1. The maximum Gasteiger partial charge on any atom is 0.226 e. The molecule has 27 heavy (non-hydrogen) atoms. The van der Waals surface area contributed by atoms with Gasteiger partial charge in [-0.1, -0.05) is 20.8 Å². The average Bonchev–Trinajstić information content (AvgIpc) is 3.12. The Morgan fingerprint density at radius 1 is 0.963 bits per heavy atom. The molecule has 0 spiro atoms. The van der Waals surface area contributed by atoms with Crippen LogP contribution in [-0.2, 0) is 5.41 Å². The second kappa shape index (κ2) is 6.54. The van der Waals surface area contributed by atoms with E-state index in [9.17, 15) is 0 Å². The zero-order chi connectivity index (χ0) is 19.0. The number of nitrogens with zero attached hydrogens (tertiary/aromatic N) is 7. The average molecular weight is 361 g/mol. The molecule has 7 nitrogen and oxygen atoms in total. The molecule has 0 amide bonds. The smallest absolute Gasteiger partial charge is 0.226 e. The van der Waals surface area contributed by atoms with E-state index in [1.807, 2.05) is 0 Å². The maximum absolute atomic E-state index is 9.02. The van der Waals surface area contributed by atoms with Crippen LogP contribution in [0.4, 0.5) is 11.6 Å². The number of fused-ring (bicyclic) bond motifs is 1. The van der Waals surface area contributed by atoms with Crippen LogP contribution in [0.3, 0.4) is 0 Å². The standard InChI is InChI=1S/C20H23N7/c1-20(2,3)17-14-27-13-16(4-5-18(27)24-17)25-8-10-26(11-9-25)19-22-7-6-15(12-21)23-19/h4-7,13-14H,8-11H2,1-3H3. The minimum Gasteiger partial charge on any atom is -0.367 e. The van der Waals surface area contributed by atoms with E-state index in [-0.39, 0.29) is 5.41 Å². The van der Waals surface area contributed by atoms with Gasteiger partial charge in [-0.3, -0.25) is 0 Å². The minimum absolute atomic E-state index is 0.0375. The van der Waals surface area contributed by atoms with E-state index in [1.165, 1.54) is 5.69 Å². The van der Waals surface area contributed by atoms with Crippen molar-refractivity contribution >= 4 is 17.3 Å². The number of nitriles is 1. The first kappa shape index (κ1) is 17.3. The Morgan fingerprint density at radius 3 is 2.41 bits per heavy atom. The van der Waals surface area contributed by atoms with Crippen molar-refractivity contribution in [2.24, 2.45) is 0 Å². The summed E-state index contributed by atoms with van der Waals surface area (Å²) in [6, 6.07) is 7.92. The van der Waals surface area contributed by atoms with Gasteiger partial charge in [0, 0.05) is 50.2 Å². The quantitative estimate of drug-likeness (QED) is 0.699. The Bertz CT molecular complexity index is 1000. The molecule has 1 saturated heterocycles. The third-order valence-electron chi connectivity index (χ3n) is 4.89. The zero-order valence-corrected chi connectivity index (χ0v) is 15.9. The molecule has 3 aromatic heterocycles. The zero-order valence-electron chi connectivity index (χ0n) is 15.9. The highest BCUT2D eigenvalue weighted by Gasteiger charge is 2.21. The lowest BCUT2D eigenvalue weighted by molar-refractivity contribution is 0.573. The lowest BCUT2D eigenvalue weighted by atomic mass is 9.93. The Morgan fingerprint density at radius 2 is 1.70 bits per heavy atom. The van der Waals surface area contributed by atoms with Gasteiger partial charge in [0.1, 0.15) is 17.4 Å². The van der Waals surface area contributed by atoms with Gasteiger partial charge in [-0.25, -0.2) is 15.0 Å². The van der Waals surface area contributed by atoms with Gasteiger partial charge in [-0.05, 0) is 18.2 Å². The highest BCUT2D eigenvalue weighted by atomic mass is 15.3. The number of piperazine rings is 1. The fourth-order valence-corrected chi connectivity index (χ4v) is 3.26. The van der Waals surface area contributed by atoms with Gasteiger partial charge >= 0.3 is 0 Å². The molecule has 0 aliphatic carbocycles. The molecule has 0 bridgehead atoms. The molecule has 0 radical (unpaired) electrons. The van der Waals surface area contributed by atoms with Crippen molar-refractivity contribution in [3.05, 3.63) is 48.2 Å². The van der Waals surface area contributed by atoms with Gasteiger partial charge in [0.15, 0.2) is 0 Å². The molecule has 0 aromatic carbocycles. The Hall–Kier alpha value is -3.14. The summed E-state index contributed by atoms with van der Waals surface area (Å²) in [7, 11) is 0. The highest BCUT2D eigenvalue weighted by molar-refractivity contribution is 5.54. The molecule has 0 atom stereocenters. The SMILES string of the molecule is CC(C)(C)c1cn2cc(N3CCN(c4nccc(C#N)n4)CC3)ccc2n1. The first-order valence-corrected chi connectivity index (χ1v) is 9.16.